The number of benzene rings is 2. The summed E-state index contributed by atoms with van der Waals surface area (Å²) in [5, 5.41) is 10.5. The van der Waals surface area contributed by atoms with Crippen LogP contribution in [0.3, 0.4) is 0 Å². The van der Waals surface area contributed by atoms with E-state index in [4.69, 9.17) is 24.2 Å². The molecule has 1 fully saturated rings. The van der Waals surface area contributed by atoms with Gasteiger partial charge in [0.1, 0.15) is 11.5 Å². The fraction of sp³-hybridized carbons (Fsp3) is 0.469. The summed E-state index contributed by atoms with van der Waals surface area (Å²) in [6.07, 6.45) is 6.88. The third-order valence-corrected chi connectivity index (χ3v) is 8.69. The molecule has 0 aliphatic carbocycles. The van der Waals surface area contributed by atoms with Gasteiger partial charge in [-0.3, -0.25) is 4.98 Å². The largest absolute Gasteiger partial charge is 0.497 e. The van der Waals surface area contributed by atoms with Crippen molar-refractivity contribution in [1.82, 2.24) is 9.97 Å². The van der Waals surface area contributed by atoms with E-state index in [-0.39, 0.29) is 24.5 Å². The maximum atomic E-state index is 10.5. The van der Waals surface area contributed by atoms with Gasteiger partial charge >= 0.3 is 0 Å². The monoisotopic (exact) mass is 543 g/mol. The van der Waals surface area contributed by atoms with Gasteiger partial charge in [-0.25, -0.2) is 9.56 Å². The number of hydrogen-bond acceptors (Lipinski definition) is 7. The highest BCUT2D eigenvalue weighted by Gasteiger charge is 2.55. The Morgan fingerprint density at radius 2 is 1.95 bits per heavy atom. The van der Waals surface area contributed by atoms with Gasteiger partial charge in [-0.1, -0.05) is 27.7 Å². The molecule has 3 aliphatic rings. The maximum Gasteiger partial charge on any atom is 0.233 e. The summed E-state index contributed by atoms with van der Waals surface area (Å²) in [7, 11) is 3.35. The first-order chi connectivity index (χ1) is 19.3. The van der Waals surface area contributed by atoms with Crippen LogP contribution in [0.2, 0.25) is 0 Å². The van der Waals surface area contributed by atoms with E-state index in [1.165, 1.54) is 0 Å². The number of nitrogens with zero attached hydrogens (tertiary/aromatic N) is 4. The Kier molecular flexibility index (Phi) is 7.00. The maximum absolute atomic E-state index is 10.5. The number of ether oxygens (including phenoxy) is 3. The van der Waals surface area contributed by atoms with Gasteiger partial charge in [0.25, 0.3) is 0 Å². The molecular formula is C32H39N4O4+. The average molecular weight is 544 g/mol. The van der Waals surface area contributed by atoms with Crippen molar-refractivity contribution < 1.29 is 23.9 Å². The SMILES string of the molecule is CCC1C2C=C(c3cnc4ccc(N5CC(OCC(O)C(C)C)C(C)c6c(OC)cc(OC)cc65)cc4n3)C=[N+]21. The Balaban J connectivity index is 1.38. The van der Waals surface area contributed by atoms with Gasteiger partial charge in [0.15, 0.2) is 6.21 Å². The first-order valence-corrected chi connectivity index (χ1v) is 14.3. The zero-order chi connectivity index (χ0) is 28.1. The summed E-state index contributed by atoms with van der Waals surface area (Å²) in [5.74, 6) is 1.66. The molecule has 4 heterocycles. The number of methoxy groups -OCH3 is 2. The molecule has 0 saturated carbocycles. The van der Waals surface area contributed by atoms with Crippen molar-refractivity contribution in [2.24, 2.45) is 5.92 Å². The van der Waals surface area contributed by atoms with E-state index in [9.17, 15) is 5.11 Å². The molecule has 0 spiro atoms. The third-order valence-electron chi connectivity index (χ3n) is 8.69. The lowest BCUT2D eigenvalue weighted by Crippen LogP contribution is -2.41. The second-order valence-electron chi connectivity index (χ2n) is 11.4. The molecule has 2 aromatic carbocycles. The van der Waals surface area contributed by atoms with Gasteiger partial charge in [-0.05, 0) is 24.1 Å². The van der Waals surface area contributed by atoms with Crippen LogP contribution in [-0.4, -0.2) is 77.5 Å². The Labute approximate surface area is 235 Å². The van der Waals surface area contributed by atoms with Crippen molar-refractivity contribution in [2.75, 3.05) is 32.3 Å². The number of rotatable bonds is 9. The van der Waals surface area contributed by atoms with Crippen molar-refractivity contribution >= 4 is 34.2 Å². The van der Waals surface area contributed by atoms with Crippen LogP contribution in [0.25, 0.3) is 16.6 Å². The summed E-state index contributed by atoms with van der Waals surface area (Å²) in [6, 6.07) is 11.3. The molecule has 1 aromatic heterocycles. The molecular weight excluding hydrogens is 504 g/mol. The van der Waals surface area contributed by atoms with Crippen molar-refractivity contribution in [2.45, 2.75) is 64.3 Å². The predicted molar refractivity (Wildman–Crippen MR) is 157 cm³/mol. The van der Waals surface area contributed by atoms with Crippen LogP contribution >= 0.6 is 0 Å². The predicted octanol–water partition coefficient (Wildman–Crippen LogP) is 4.95. The topological polar surface area (TPSA) is 80.0 Å². The van der Waals surface area contributed by atoms with Crippen molar-refractivity contribution in [3.63, 3.8) is 0 Å². The van der Waals surface area contributed by atoms with Gasteiger partial charge in [0.05, 0.1) is 73.8 Å². The number of fused-ring (bicyclic) bond motifs is 3. The number of hydrogen-bond donors (Lipinski definition) is 1. The normalized spacial score (nSPS) is 23.9. The highest BCUT2D eigenvalue weighted by atomic mass is 16.5. The summed E-state index contributed by atoms with van der Waals surface area (Å²) in [4.78, 5) is 12.0. The summed E-state index contributed by atoms with van der Waals surface area (Å²) >= 11 is 0. The van der Waals surface area contributed by atoms with Crippen molar-refractivity contribution in [3.05, 3.63) is 53.9 Å². The first kappa shape index (κ1) is 26.7. The fourth-order valence-electron chi connectivity index (χ4n) is 6.03. The summed E-state index contributed by atoms with van der Waals surface area (Å²) < 4.78 is 20.2. The highest BCUT2D eigenvalue weighted by molar-refractivity contribution is 6.09. The van der Waals surface area contributed by atoms with Gasteiger partial charge < -0.3 is 24.2 Å². The Morgan fingerprint density at radius 1 is 1.12 bits per heavy atom. The van der Waals surface area contributed by atoms with E-state index in [2.05, 4.69) is 53.8 Å². The van der Waals surface area contributed by atoms with E-state index >= 15 is 0 Å². The summed E-state index contributed by atoms with van der Waals surface area (Å²) in [6.45, 7) is 9.29. The van der Waals surface area contributed by atoms with Gasteiger partial charge in [-0.2, -0.15) is 0 Å². The molecule has 5 unspecified atom stereocenters. The smallest absolute Gasteiger partial charge is 0.233 e. The average Bonchev–Trinajstić information content (AvgIpc) is 3.44. The second kappa shape index (κ2) is 10.5. The van der Waals surface area contributed by atoms with Gasteiger partial charge in [-0.15, -0.1) is 0 Å². The fourth-order valence-corrected chi connectivity index (χ4v) is 6.03. The molecule has 5 atom stereocenters. The summed E-state index contributed by atoms with van der Waals surface area (Å²) in [5.41, 5.74) is 6.79. The van der Waals surface area contributed by atoms with Gasteiger partial charge in [0, 0.05) is 41.8 Å². The molecule has 40 heavy (non-hydrogen) atoms. The van der Waals surface area contributed by atoms with E-state index < -0.39 is 6.10 Å². The number of aromatic nitrogens is 2. The van der Waals surface area contributed by atoms with E-state index in [1.54, 1.807) is 14.2 Å². The lowest BCUT2D eigenvalue weighted by atomic mass is 9.87. The second-order valence-corrected chi connectivity index (χ2v) is 11.4. The van der Waals surface area contributed by atoms with Crippen LogP contribution in [-0.2, 0) is 4.74 Å². The Morgan fingerprint density at radius 3 is 2.62 bits per heavy atom. The molecule has 3 aliphatic heterocycles. The third kappa shape index (κ3) is 4.63. The minimum Gasteiger partial charge on any atom is -0.497 e. The van der Waals surface area contributed by atoms with Gasteiger partial charge in [0.2, 0.25) is 12.1 Å². The molecule has 210 valence electrons. The number of allylic oxidation sites excluding steroid dienone is 1. The Bertz CT molecular complexity index is 1500. The molecule has 8 nitrogen and oxygen atoms in total. The molecule has 6 rings (SSSR count). The molecule has 0 bridgehead atoms. The molecule has 3 aromatic rings. The molecule has 0 amide bonds. The zero-order valence-corrected chi connectivity index (χ0v) is 24.2. The number of aliphatic hydroxyl groups excluding tert-OH is 1. The van der Waals surface area contributed by atoms with Crippen LogP contribution in [0.4, 0.5) is 11.4 Å². The van der Waals surface area contributed by atoms with Crippen LogP contribution in [0.15, 0.2) is 42.6 Å². The number of aliphatic hydroxyl groups is 1. The van der Waals surface area contributed by atoms with Crippen LogP contribution in [0.1, 0.15) is 51.3 Å². The van der Waals surface area contributed by atoms with Crippen LogP contribution in [0.5, 0.6) is 11.5 Å². The molecule has 8 heteroatoms. The minimum atomic E-state index is -0.522. The van der Waals surface area contributed by atoms with Crippen molar-refractivity contribution in [1.29, 1.82) is 0 Å². The molecule has 1 N–H and O–H groups in total. The minimum absolute atomic E-state index is 0.0524. The lowest BCUT2D eigenvalue weighted by Gasteiger charge is -2.41. The van der Waals surface area contributed by atoms with E-state index in [1.807, 2.05) is 32.2 Å². The molecule has 1 saturated heterocycles. The first-order valence-electron chi connectivity index (χ1n) is 14.3. The Hall–Kier alpha value is -3.49. The number of anilines is 2. The van der Waals surface area contributed by atoms with Crippen LogP contribution in [0, 0.1) is 5.92 Å². The van der Waals surface area contributed by atoms with Crippen LogP contribution < -0.4 is 14.4 Å². The zero-order valence-electron chi connectivity index (χ0n) is 24.2. The standard InChI is InChI=1S/C32H39N4O4/c1-7-26-27-10-20(15-36(26)27)25-14-33-23-9-8-21(11-24(23)34-25)35-16-31(40-17-29(37)18(2)3)19(4)32-28(35)12-22(38-5)13-30(32)39-6/h8-15,18-19,26-27,29,31,37H,7,16-17H2,1-6H3/q+1. The highest BCUT2D eigenvalue weighted by Crippen LogP contribution is 2.47. The van der Waals surface area contributed by atoms with E-state index in [0.717, 1.165) is 57.2 Å². The lowest BCUT2D eigenvalue weighted by molar-refractivity contribution is -0.365. The molecule has 0 radical (unpaired) electrons. The quantitative estimate of drug-likeness (QED) is 0.302. The van der Waals surface area contributed by atoms with Crippen molar-refractivity contribution in [3.8, 4) is 11.5 Å². The van der Waals surface area contributed by atoms with E-state index in [0.29, 0.717) is 18.6 Å².